The van der Waals surface area contributed by atoms with E-state index in [4.69, 9.17) is 4.42 Å². The van der Waals surface area contributed by atoms with E-state index in [0.717, 1.165) is 28.5 Å². The van der Waals surface area contributed by atoms with E-state index >= 15 is 0 Å². The summed E-state index contributed by atoms with van der Waals surface area (Å²) < 4.78 is 5.13. The molecule has 1 aliphatic heterocycles. The van der Waals surface area contributed by atoms with Crippen LogP contribution in [0, 0.1) is 0 Å². The highest BCUT2D eigenvalue weighted by molar-refractivity contribution is 5.91. The summed E-state index contributed by atoms with van der Waals surface area (Å²) in [7, 11) is 0. The zero-order chi connectivity index (χ0) is 15.0. The summed E-state index contributed by atoms with van der Waals surface area (Å²) in [4.78, 5) is 11.2. The van der Waals surface area contributed by atoms with E-state index in [1.807, 2.05) is 19.1 Å². The number of fused-ring (bicyclic) bond motifs is 1. The van der Waals surface area contributed by atoms with Gasteiger partial charge in [0.05, 0.1) is 12.5 Å². The Morgan fingerprint density at radius 2 is 1.90 bits per heavy atom. The van der Waals surface area contributed by atoms with Crippen molar-refractivity contribution in [2.75, 3.05) is 0 Å². The van der Waals surface area contributed by atoms with Crippen LogP contribution in [0.15, 0.2) is 47.3 Å². The lowest BCUT2D eigenvalue weighted by atomic mass is 9.91. The van der Waals surface area contributed by atoms with E-state index in [1.54, 1.807) is 18.6 Å². The van der Waals surface area contributed by atoms with Crippen LogP contribution in [-0.4, -0.2) is 16.5 Å². The predicted molar refractivity (Wildman–Crippen MR) is 78.0 cm³/mol. The van der Waals surface area contributed by atoms with Gasteiger partial charge < -0.3 is 14.6 Å². The van der Waals surface area contributed by atoms with Gasteiger partial charge in [-0.2, -0.15) is 0 Å². The lowest BCUT2D eigenvalue weighted by Crippen LogP contribution is -1.95. The molecule has 1 aromatic rings. The SMILES string of the molecule is CC(c1ccc(O)c(O)c1)c1cc(C=O)c2coccc1-2. The van der Waals surface area contributed by atoms with Crippen molar-refractivity contribution in [3.05, 3.63) is 59.5 Å². The summed E-state index contributed by atoms with van der Waals surface area (Å²) in [6.45, 7) is 1.99. The van der Waals surface area contributed by atoms with Crippen molar-refractivity contribution >= 4 is 6.29 Å². The van der Waals surface area contributed by atoms with Gasteiger partial charge in [-0.15, -0.1) is 0 Å². The molecule has 0 saturated carbocycles. The van der Waals surface area contributed by atoms with Crippen molar-refractivity contribution in [3.63, 3.8) is 0 Å². The number of rotatable bonds is 3. The molecule has 4 heteroatoms. The third kappa shape index (κ3) is 2.14. The molecule has 0 saturated heterocycles. The van der Waals surface area contributed by atoms with Crippen LogP contribution in [-0.2, 0) is 0 Å². The number of aldehydes is 1. The fourth-order valence-corrected chi connectivity index (χ4v) is 2.61. The maximum Gasteiger partial charge on any atom is 0.157 e. The zero-order valence-electron chi connectivity index (χ0n) is 11.4. The van der Waals surface area contributed by atoms with Gasteiger partial charge in [0.2, 0.25) is 0 Å². The molecule has 2 aliphatic rings. The van der Waals surface area contributed by atoms with Crippen LogP contribution in [0.5, 0.6) is 11.5 Å². The van der Waals surface area contributed by atoms with E-state index in [9.17, 15) is 15.0 Å². The first-order valence-corrected chi connectivity index (χ1v) is 6.57. The molecule has 1 aliphatic carbocycles. The molecule has 2 N–H and O–H groups in total. The topological polar surface area (TPSA) is 70.7 Å². The molecule has 0 radical (unpaired) electrons. The monoisotopic (exact) mass is 282 g/mol. The van der Waals surface area contributed by atoms with Crippen LogP contribution in [0.2, 0.25) is 0 Å². The first-order valence-electron chi connectivity index (χ1n) is 6.57. The Kier molecular flexibility index (Phi) is 3.14. The molecule has 0 aromatic heterocycles. The van der Waals surface area contributed by atoms with Crippen molar-refractivity contribution in [1.29, 1.82) is 0 Å². The Bertz CT molecular complexity index is 772. The predicted octanol–water partition coefficient (Wildman–Crippen LogP) is 3.76. The Morgan fingerprint density at radius 3 is 2.62 bits per heavy atom. The molecule has 1 heterocycles. The van der Waals surface area contributed by atoms with E-state index in [1.165, 1.54) is 12.1 Å². The molecule has 1 unspecified atom stereocenters. The van der Waals surface area contributed by atoms with Gasteiger partial charge in [0.1, 0.15) is 0 Å². The standard InChI is InChI=1S/C17H14O4/c1-10(11-2-3-16(19)17(20)7-11)14-6-12(8-18)15-9-21-5-4-13(14)15/h2-10,19-20H,1H3. The molecule has 1 aromatic carbocycles. The maximum absolute atomic E-state index is 11.2. The second kappa shape index (κ2) is 4.98. The van der Waals surface area contributed by atoms with Crippen molar-refractivity contribution in [1.82, 2.24) is 0 Å². The number of phenols is 2. The number of carbonyl (C=O) groups is 1. The summed E-state index contributed by atoms with van der Waals surface area (Å²) in [5, 5.41) is 19.0. The molecule has 0 spiro atoms. The number of hydrogen-bond donors (Lipinski definition) is 2. The van der Waals surface area contributed by atoms with E-state index in [2.05, 4.69) is 0 Å². The molecular weight excluding hydrogens is 268 g/mol. The number of carbonyl (C=O) groups excluding carboxylic acids is 1. The summed E-state index contributed by atoms with van der Waals surface area (Å²) >= 11 is 0. The lowest BCUT2D eigenvalue weighted by Gasteiger charge is -2.14. The Hall–Kier alpha value is -2.75. The Labute approximate surface area is 121 Å². The van der Waals surface area contributed by atoms with Gasteiger partial charge in [-0.3, -0.25) is 4.79 Å². The zero-order valence-corrected chi connectivity index (χ0v) is 11.4. The highest BCUT2D eigenvalue weighted by atomic mass is 16.3. The van der Waals surface area contributed by atoms with Gasteiger partial charge in [-0.05, 0) is 41.0 Å². The summed E-state index contributed by atoms with van der Waals surface area (Å²) in [5.74, 6) is -0.332. The third-order valence-corrected chi connectivity index (χ3v) is 3.82. The normalized spacial score (nSPS) is 12.4. The molecule has 3 rings (SSSR count). The van der Waals surface area contributed by atoms with Crippen molar-refractivity contribution in [2.24, 2.45) is 0 Å². The van der Waals surface area contributed by atoms with Gasteiger partial charge in [0.15, 0.2) is 17.8 Å². The quantitative estimate of drug-likeness (QED) is 0.567. The van der Waals surface area contributed by atoms with Crippen molar-refractivity contribution in [2.45, 2.75) is 12.8 Å². The second-order valence-corrected chi connectivity index (χ2v) is 5.03. The van der Waals surface area contributed by atoms with Gasteiger partial charge in [-0.25, -0.2) is 0 Å². The van der Waals surface area contributed by atoms with Gasteiger partial charge >= 0.3 is 0 Å². The minimum atomic E-state index is -0.152. The van der Waals surface area contributed by atoms with Gasteiger partial charge in [0, 0.05) is 17.0 Å². The molecule has 106 valence electrons. The molecule has 21 heavy (non-hydrogen) atoms. The van der Waals surface area contributed by atoms with Crippen LogP contribution < -0.4 is 0 Å². The number of hydrogen-bond acceptors (Lipinski definition) is 4. The molecule has 1 atom stereocenters. The van der Waals surface area contributed by atoms with Crippen LogP contribution in [0.25, 0.3) is 11.1 Å². The van der Waals surface area contributed by atoms with E-state index in [-0.39, 0.29) is 17.4 Å². The molecule has 0 fully saturated rings. The molecule has 4 nitrogen and oxygen atoms in total. The third-order valence-electron chi connectivity index (χ3n) is 3.82. The van der Waals surface area contributed by atoms with Crippen LogP contribution in [0.3, 0.4) is 0 Å². The summed E-state index contributed by atoms with van der Waals surface area (Å²) in [6, 6.07) is 8.41. The fraction of sp³-hybridized carbons (Fsp3) is 0.118. The van der Waals surface area contributed by atoms with E-state index < -0.39 is 0 Å². The molecule has 0 amide bonds. The van der Waals surface area contributed by atoms with E-state index in [0.29, 0.717) is 5.56 Å². The van der Waals surface area contributed by atoms with Gasteiger partial charge in [-0.1, -0.05) is 13.0 Å². The molecular formula is C17H14O4. The second-order valence-electron chi connectivity index (χ2n) is 5.03. The number of phenolic OH excluding ortho intramolecular Hbond substituents is 2. The van der Waals surface area contributed by atoms with Crippen LogP contribution in [0.4, 0.5) is 0 Å². The Balaban J connectivity index is 2.11. The summed E-state index contributed by atoms with van der Waals surface area (Å²) in [5.41, 5.74) is 4.14. The van der Waals surface area contributed by atoms with Crippen LogP contribution >= 0.6 is 0 Å². The molecule has 0 bridgehead atoms. The smallest absolute Gasteiger partial charge is 0.157 e. The minimum Gasteiger partial charge on any atom is -0.504 e. The van der Waals surface area contributed by atoms with Crippen molar-refractivity contribution in [3.8, 4) is 22.6 Å². The number of benzene rings is 1. The Morgan fingerprint density at radius 1 is 1.10 bits per heavy atom. The first-order chi connectivity index (χ1) is 10.1. The fourth-order valence-electron chi connectivity index (χ4n) is 2.61. The maximum atomic E-state index is 11.2. The first kappa shape index (κ1) is 13.2. The highest BCUT2D eigenvalue weighted by Gasteiger charge is 2.21. The van der Waals surface area contributed by atoms with Crippen LogP contribution in [0.1, 0.15) is 34.3 Å². The number of aromatic hydroxyl groups is 2. The highest BCUT2D eigenvalue weighted by Crippen LogP contribution is 2.39. The largest absolute Gasteiger partial charge is 0.504 e. The lowest BCUT2D eigenvalue weighted by molar-refractivity contribution is 0.112. The summed E-state index contributed by atoms with van der Waals surface area (Å²) in [6.07, 6.45) is 3.94. The average Bonchev–Trinajstić information content (AvgIpc) is 2.88. The van der Waals surface area contributed by atoms with Gasteiger partial charge in [0.25, 0.3) is 0 Å². The average molecular weight is 282 g/mol. The van der Waals surface area contributed by atoms with Crippen molar-refractivity contribution < 1.29 is 19.4 Å². The minimum absolute atomic E-state index is 0.0323.